The maximum absolute atomic E-state index is 13.2. The molecular formula is C11H6BrF7O2. The lowest BCUT2D eigenvalue weighted by molar-refractivity contribution is -0.264. The Morgan fingerprint density at radius 2 is 1.62 bits per heavy atom. The topological polar surface area (TPSA) is 26.3 Å². The van der Waals surface area contributed by atoms with Crippen molar-refractivity contribution >= 4 is 21.7 Å². The molecule has 0 N–H and O–H groups in total. The van der Waals surface area contributed by atoms with Crippen molar-refractivity contribution in [2.75, 3.05) is 7.11 Å². The van der Waals surface area contributed by atoms with Crippen molar-refractivity contribution in [1.82, 2.24) is 0 Å². The number of ether oxygens (including phenoxy) is 1. The molecule has 0 aliphatic heterocycles. The third-order valence-electron chi connectivity index (χ3n) is 2.42. The standard InChI is InChI=1S/C11H6BrF7O2/c1-21-7-3-6(13)5(12)2-4(7)8(20)9(10(14,15)16)11(17,18)19/h2-3,9H,1H3. The predicted octanol–water partition coefficient (Wildman–Crippen LogP) is 4.52. The molecule has 0 amide bonds. The summed E-state index contributed by atoms with van der Waals surface area (Å²) in [6, 6.07) is 1.03. The summed E-state index contributed by atoms with van der Waals surface area (Å²) in [6.07, 6.45) is -11.7. The number of methoxy groups -OCH3 is 1. The first-order valence-corrected chi connectivity index (χ1v) is 5.89. The molecule has 118 valence electrons. The quantitative estimate of drug-likeness (QED) is 0.567. The molecule has 1 aromatic rings. The van der Waals surface area contributed by atoms with Gasteiger partial charge in [-0.1, -0.05) is 0 Å². The average molecular weight is 383 g/mol. The van der Waals surface area contributed by atoms with E-state index < -0.39 is 45.7 Å². The number of rotatable bonds is 3. The van der Waals surface area contributed by atoms with Crippen molar-refractivity contribution in [3.05, 3.63) is 28.0 Å². The van der Waals surface area contributed by atoms with Gasteiger partial charge >= 0.3 is 12.4 Å². The summed E-state index contributed by atoms with van der Waals surface area (Å²) >= 11 is 2.58. The van der Waals surface area contributed by atoms with E-state index in [1.807, 2.05) is 0 Å². The third-order valence-corrected chi connectivity index (χ3v) is 3.03. The predicted molar refractivity (Wildman–Crippen MR) is 60.6 cm³/mol. The van der Waals surface area contributed by atoms with Gasteiger partial charge in [-0.2, -0.15) is 26.3 Å². The van der Waals surface area contributed by atoms with Crippen LogP contribution in [0, 0.1) is 11.7 Å². The highest BCUT2D eigenvalue weighted by Crippen LogP contribution is 2.42. The zero-order valence-corrected chi connectivity index (χ0v) is 11.7. The largest absolute Gasteiger partial charge is 0.496 e. The Bertz CT molecular complexity index is 537. The Hall–Kier alpha value is -1.32. The number of benzene rings is 1. The maximum Gasteiger partial charge on any atom is 0.407 e. The van der Waals surface area contributed by atoms with Gasteiger partial charge in [0.15, 0.2) is 5.78 Å². The molecule has 0 unspecified atom stereocenters. The normalized spacial score (nSPS) is 12.7. The molecule has 0 atom stereocenters. The van der Waals surface area contributed by atoms with Crippen LogP contribution in [0.5, 0.6) is 5.75 Å². The summed E-state index contributed by atoms with van der Waals surface area (Å²) in [5, 5.41) is 0. The van der Waals surface area contributed by atoms with Gasteiger partial charge in [-0.05, 0) is 22.0 Å². The molecule has 0 radical (unpaired) electrons. The van der Waals surface area contributed by atoms with Crippen molar-refractivity contribution in [1.29, 1.82) is 0 Å². The summed E-state index contributed by atoms with van der Waals surface area (Å²) in [5.41, 5.74) is -1.02. The average Bonchev–Trinajstić information content (AvgIpc) is 2.28. The zero-order valence-electron chi connectivity index (χ0n) is 10.1. The maximum atomic E-state index is 13.2. The van der Waals surface area contributed by atoms with E-state index in [0.717, 1.165) is 7.11 Å². The van der Waals surface area contributed by atoms with Gasteiger partial charge in [0.1, 0.15) is 11.6 Å². The van der Waals surface area contributed by atoms with Crippen molar-refractivity contribution in [3.8, 4) is 5.75 Å². The van der Waals surface area contributed by atoms with Gasteiger partial charge in [0.05, 0.1) is 17.1 Å². The molecule has 0 saturated heterocycles. The minimum atomic E-state index is -5.83. The molecule has 1 aromatic carbocycles. The van der Waals surface area contributed by atoms with Gasteiger partial charge in [0, 0.05) is 6.07 Å². The zero-order chi connectivity index (χ0) is 16.6. The van der Waals surface area contributed by atoms with Crippen LogP contribution < -0.4 is 4.74 Å². The molecule has 0 bridgehead atoms. The smallest absolute Gasteiger partial charge is 0.407 e. The number of hydrogen-bond donors (Lipinski definition) is 0. The van der Waals surface area contributed by atoms with Crippen LogP contribution in [0.4, 0.5) is 30.7 Å². The fourth-order valence-corrected chi connectivity index (χ4v) is 1.87. The van der Waals surface area contributed by atoms with Crippen molar-refractivity contribution in [3.63, 3.8) is 0 Å². The monoisotopic (exact) mass is 382 g/mol. The molecule has 0 saturated carbocycles. The summed E-state index contributed by atoms with van der Waals surface area (Å²) in [7, 11) is 0.885. The molecular weight excluding hydrogens is 377 g/mol. The van der Waals surface area contributed by atoms with Crippen LogP contribution in [-0.4, -0.2) is 25.2 Å². The fraction of sp³-hybridized carbons (Fsp3) is 0.364. The molecule has 10 heteroatoms. The highest BCUT2D eigenvalue weighted by Gasteiger charge is 2.61. The van der Waals surface area contributed by atoms with Gasteiger partial charge in [0.2, 0.25) is 5.92 Å². The molecule has 1 rings (SSSR count). The van der Waals surface area contributed by atoms with E-state index in [0.29, 0.717) is 12.1 Å². The van der Waals surface area contributed by atoms with Crippen LogP contribution in [0.25, 0.3) is 0 Å². The molecule has 2 nitrogen and oxygen atoms in total. The second-order valence-electron chi connectivity index (χ2n) is 3.85. The Kier molecular flexibility index (Phi) is 4.91. The summed E-state index contributed by atoms with van der Waals surface area (Å²) in [4.78, 5) is 11.6. The molecule has 0 aromatic heterocycles. The van der Waals surface area contributed by atoms with Gasteiger partial charge in [-0.25, -0.2) is 4.39 Å². The number of hydrogen-bond acceptors (Lipinski definition) is 2. The van der Waals surface area contributed by atoms with E-state index in [4.69, 9.17) is 0 Å². The van der Waals surface area contributed by atoms with Crippen LogP contribution in [0.2, 0.25) is 0 Å². The van der Waals surface area contributed by atoms with E-state index in [-0.39, 0.29) is 0 Å². The fourth-order valence-electron chi connectivity index (χ4n) is 1.53. The van der Waals surface area contributed by atoms with E-state index >= 15 is 0 Å². The second kappa shape index (κ2) is 5.82. The molecule has 0 fully saturated rings. The molecule has 0 aliphatic rings. The number of carbonyl (C=O) groups is 1. The molecule has 0 spiro atoms. The first-order valence-electron chi connectivity index (χ1n) is 5.10. The van der Waals surface area contributed by atoms with E-state index in [1.54, 1.807) is 0 Å². The minimum Gasteiger partial charge on any atom is -0.496 e. The second-order valence-corrected chi connectivity index (χ2v) is 4.70. The Labute approximate surface area is 122 Å². The van der Waals surface area contributed by atoms with Crippen LogP contribution in [0.15, 0.2) is 16.6 Å². The van der Waals surface area contributed by atoms with Crippen LogP contribution in [-0.2, 0) is 0 Å². The van der Waals surface area contributed by atoms with Gasteiger partial charge in [-0.3, -0.25) is 4.79 Å². The number of halogens is 8. The highest BCUT2D eigenvalue weighted by atomic mass is 79.9. The Morgan fingerprint density at radius 3 is 2.00 bits per heavy atom. The Balaban J connectivity index is 3.44. The van der Waals surface area contributed by atoms with E-state index in [9.17, 15) is 35.5 Å². The van der Waals surface area contributed by atoms with Crippen molar-refractivity contribution in [2.45, 2.75) is 12.4 Å². The van der Waals surface area contributed by atoms with Crippen molar-refractivity contribution < 1.29 is 40.3 Å². The molecule has 0 aliphatic carbocycles. The van der Waals surface area contributed by atoms with Gasteiger partial charge in [-0.15, -0.1) is 0 Å². The summed E-state index contributed by atoms with van der Waals surface area (Å²) < 4.78 is 92.2. The van der Waals surface area contributed by atoms with Crippen LogP contribution in [0.3, 0.4) is 0 Å². The number of carbonyl (C=O) groups excluding carboxylic acids is 1. The van der Waals surface area contributed by atoms with Crippen LogP contribution in [0.1, 0.15) is 10.4 Å². The van der Waals surface area contributed by atoms with Gasteiger partial charge in [0.25, 0.3) is 0 Å². The SMILES string of the molecule is COc1cc(F)c(Br)cc1C(=O)C(C(F)(F)F)C(F)(F)F. The van der Waals surface area contributed by atoms with Crippen LogP contribution >= 0.6 is 15.9 Å². The van der Waals surface area contributed by atoms with Crippen molar-refractivity contribution in [2.24, 2.45) is 5.92 Å². The van der Waals surface area contributed by atoms with Gasteiger partial charge < -0.3 is 4.74 Å². The first-order chi connectivity index (χ1) is 9.39. The summed E-state index contributed by atoms with van der Waals surface area (Å²) in [6.45, 7) is 0. The third kappa shape index (κ3) is 3.86. The summed E-state index contributed by atoms with van der Waals surface area (Å²) in [5.74, 6) is -8.21. The van der Waals surface area contributed by atoms with E-state index in [1.165, 1.54) is 0 Å². The molecule has 0 heterocycles. The van der Waals surface area contributed by atoms with E-state index in [2.05, 4.69) is 20.7 Å². The number of alkyl halides is 6. The lowest BCUT2D eigenvalue weighted by Gasteiger charge is -2.22. The Morgan fingerprint density at radius 1 is 1.14 bits per heavy atom. The lowest BCUT2D eigenvalue weighted by Crippen LogP contribution is -2.42. The molecule has 21 heavy (non-hydrogen) atoms. The lowest BCUT2D eigenvalue weighted by atomic mass is 9.95. The first kappa shape index (κ1) is 17.7. The highest BCUT2D eigenvalue weighted by molar-refractivity contribution is 9.10. The minimum absolute atomic E-state index is 0.463. The number of Topliss-reactive ketones (excluding diaryl/α,β-unsaturated/α-hetero) is 1. The number of ketones is 1.